The molecule has 112 valence electrons. The number of carboxylic acids is 1. The van der Waals surface area contributed by atoms with Crippen LogP contribution in [0.3, 0.4) is 0 Å². The largest absolute Gasteiger partial charge is 0.490 e. The van der Waals surface area contributed by atoms with Crippen LogP contribution < -0.4 is 9.47 Å². The zero-order chi connectivity index (χ0) is 15.2. The van der Waals surface area contributed by atoms with Crippen LogP contribution in [0.25, 0.3) is 5.69 Å². The predicted octanol–water partition coefficient (Wildman–Crippen LogP) is 1.09. The van der Waals surface area contributed by atoms with Gasteiger partial charge >= 0.3 is 5.97 Å². The minimum absolute atomic E-state index is 0.245. The van der Waals surface area contributed by atoms with Gasteiger partial charge in [0.15, 0.2) is 17.3 Å². The number of tetrazole rings is 1. The number of rotatable bonds is 7. The molecule has 2 rings (SSSR count). The van der Waals surface area contributed by atoms with Crippen LogP contribution in [0.5, 0.6) is 11.5 Å². The van der Waals surface area contributed by atoms with E-state index in [0.717, 1.165) is 0 Å². The minimum atomic E-state index is -0.998. The molecule has 0 atom stereocenters. The maximum Gasteiger partial charge on any atom is 0.311 e. The van der Waals surface area contributed by atoms with Crippen LogP contribution in [0.4, 0.5) is 0 Å². The van der Waals surface area contributed by atoms with Crippen LogP contribution in [-0.4, -0.2) is 44.5 Å². The molecule has 0 unspecified atom stereocenters. The lowest BCUT2D eigenvalue weighted by Crippen LogP contribution is -2.09. The van der Waals surface area contributed by atoms with Crippen molar-refractivity contribution < 1.29 is 19.4 Å². The number of ether oxygens (including phenoxy) is 2. The molecule has 1 heterocycles. The lowest BCUT2D eigenvalue weighted by molar-refractivity contribution is -0.136. The normalized spacial score (nSPS) is 10.4. The Morgan fingerprint density at radius 3 is 2.62 bits per heavy atom. The molecule has 8 heteroatoms. The van der Waals surface area contributed by atoms with Crippen molar-refractivity contribution in [2.75, 3.05) is 13.2 Å². The van der Waals surface area contributed by atoms with Gasteiger partial charge in [-0.05, 0) is 36.4 Å². The molecule has 2 aromatic rings. The molecular weight excluding hydrogens is 276 g/mol. The summed E-state index contributed by atoms with van der Waals surface area (Å²) in [7, 11) is 0. The summed E-state index contributed by atoms with van der Waals surface area (Å²) in [5.74, 6) is 0.431. The standard InChI is InChI=1S/C13H16N4O4/c1-3-20-10-6-5-9(7-11(10)21-4-2)17-12(8-13(18)19)14-15-16-17/h5-7H,3-4,8H2,1-2H3,(H,18,19). The van der Waals surface area contributed by atoms with Gasteiger partial charge < -0.3 is 14.6 Å². The lowest BCUT2D eigenvalue weighted by atomic mass is 10.2. The number of carboxylic acid groups (broad SMARTS) is 1. The number of carbonyl (C=O) groups is 1. The van der Waals surface area contributed by atoms with Crippen LogP contribution in [0.15, 0.2) is 18.2 Å². The number of nitrogens with zero attached hydrogens (tertiary/aromatic N) is 4. The van der Waals surface area contributed by atoms with Gasteiger partial charge in [0.2, 0.25) is 0 Å². The fourth-order valence-electron chi connectivity index (χ4n) is 1.82. The van der Waals surface area contributed by atoms with E-state index >= 15 is 0 Å². The first-order valence-corrected chi connectivity index (χ1v) is 6.54. The van der Waals surface area contributed by atoms with Crippen molar-refractivity contribution in [3.05, 3.63) is 24.0 Å². The molecule has 0 aliphatic rings. The molecule has 0 saturated carbocycles. The summed E-state index contributed by atoms with van der Waals surface area (Å²) in [6.07, 6.45) is -0.260. The molecular formula is C13H16N4O4. The second-order valence-corrected chi connectivity index (χ2v) is 4.07. The summed E-state index contributed by atoms with van der Waals surface area (Å²) in [4.78, 5) is 10.8. The van der Waals surface area contributed by atoms with Crippen LogP contribution in [-0.2, 0) is 11.2 Å². The van der Waals surface area contributed by atoms with Gasteiger partial charge in [-0.2, -0.15) is 4.68 Å². The molecule has 0 bridgehead atoms. The molecule has 0 spiro atoms. The molecule has 1 aromatic carbocycles. The smallest absolute Gasteiger partial charge is 0.311 e. The average Bonchev–Trinajstić information content (AvgIpc) is 2.88. The van der Waals surface area contributed by atoms with E-state index in [4.69, 9.17) is 14.6 Å². The Balaban J connectivity index is 2.38. The van der Waals surface area contributed by atoms with E-state index in [0.29, 0.717) is 30.4 Å². The highest BCUT2D eigenvalue weighted by atomic mass is 16.5. The van der Waals surface area contributed by atoms with Gasteiger partial charge in [-0.1, -0.05) is 0 Å². The fourth-order valence-corrected chi connectivity index (χ4v) is 1.82. The zero-order valence-electron chi connectivity index (χ0n) is 11.8. The van der Waals surface area contributed by atoms with E-state index in [9.17, 15) is 4.79 Å². The summed E-state index contributed by atoms with van der Waals surface area (Å²) >= 11 is 0. The van der Waals surface area contributed by atoms with Crippen LogP contribution in [0.2, 0.25) is 0 Å². The third-order valence-electron chi connectivity index (χ3n) is 2.61. The highest BCUT2D eigenvalue weighted by Gasteiger charge is 2.14. The molecule has 1 aromatic heterocycles. The van der Waals surface area contributed by atoms with Crippen molar-refractivity contribution in [3.63, 3.8) is 0 Å². The molecule has 0 amide bonds. The molecule has 1 N–H and O–H groups in total. The number of hydrogen-bond acceptors (Lipinski definition) is 6. The first kappa shape index (κ1) is 14.8. The summed E-state index contributed by atoms with van der Waals surface area (Å²) in [6.45, 7) is 4.76. The Morgan fingerprint density at radius 2 is 1.95 bits per heavy atom. The molecule has 0 saturated heterocycles. The van der Waals surface area contributed by atoms with Crippen LogP contribution in [0.1, 0.15) is 19.7 Å². The van der Waals surface area contributed by atoms with E-state index in [2.05, 4.69) is 15.5 Å². The quantitative estimate of drug-likeness (QED) is 0.815. The fraction of sp³-hybridized carbons (Fsp3) is 0.385. The van der Waals surface area contributed by atoms with Crippen molar-refractivity contribution in [3.8, 4) is 17.2 Å². The predicted molar refractivity (Wildman–Crippen MR) is 72.8 cm³/mol. The first-order valence-electron chi connectivity index (χ1n) is 6.54. The van der Waals surface area contributed by atoms with Gasteiger partial charge in [0, 0.05) is 6.07 Å². The third kappa shape index (κ3) is 3.47. The maximum absolute atomic E-state index is 10.8. The number of benzene rings is 1. The van der Waals surface area contributed by atoms with Gasteiger partial charge in [-0.3, -0.25) is 4.79 Å². The summed E-state index contributed by atoms with van der Waals surface area (Å²) in [5, 5.41) is 19.9. The molecule has 0 fully saturated rings. The second-order valence-electron chi connectivity index (χ2n) is 4.07. The Morgan fingerprint density at radius 1 is 1.24 bits per heavy atom. The van der Waals surface area contributed by atoms with Crippen molar-refractivity contribution in [1.29, 1.82) is 0 Å². The van der Waals surface area contributed by atoms with E-state index in [1.807, 2.05) is 13.8 Å². The Hall–Kier alpha value is -2.64. The van der Waals surface area contributed by atoms with Gasteiger partial charge in [0.1, 0.15) is 6.42 Å². The highest BCUT2D eigenvalue weighted by molar-refractivity contribution is 5.69. The van der Waals surface area contributed by atoms with Crippen molar-refractivity contribution >= 4 is 5.97 Å². The van der Waals surface area contributed by atoms with Gasteiger partial charge in [0.25, 0.3) is 0 Å². The van der Waals surface area contributed by atoms with Crippen LogP contribution in [0, 0.1) is 0 Å². The Kier molecular flexibility index (Phi) is 4.70. The average molecular weight is 292 g/mol. The maximum atomic E-state index is 10.8. The topological polar surface area (TPSA) is 99.4 Å². The number of hydrogen-bond donors (Lipinski definition) is 1. The number of aromatic nitrogens is 4. The summed E-state index contributed by atoms with van der Waals surface area (Å²) in [5.41, 5.74) is 0.614. The van der Waals surface area contributed by atoms with E-state index in [1.165, 1.54) is 4.68 Å². The zero-order valence-corrected chi connectivity index (χ0v) is 11.8. The molecule has 21 heavy (non-hydrogen) atoms. The Labute approximate surface area is 121 Å². The molecule has 8 nitrogen and oxygen atoms in total. The van der Waals surface area contributed by atoms with E-state index < -0.39 is 5.97 Å². The molecule has 0 radical (unpaired) electrons. The monoisotopic (exact) mass is 292 g/mol. The minimum Gasteiger partial charge on any atom is -0.490 e. The molecule has 0 aliphatic carbocycles. The Bertz CT molecular complexity index is 626. The van der Waals surface area contributed by atoms with Crippen molar-refractivity contribution in [2.45, 2.75) is 20.3 Å². The van der Waals surface area contributed by atoms with Gasteiger partial charge in [-0.25, -0.2) is 0 Å². The lowest BCUT2D eigenvalue weighted by Gasteiger charge is -2.12. The third-order valence-corrected chi connectivity index (χ3v) is 2.61. The van der Waals surface area contributed by atoms with Gasteiger partial charge in [0.05, 0.1) is 18.9 Å². The van der Waals surface area contributed by atoms with Gasteiger partial charge in [-0.15, -0.1) is 5.10 Å². The van der Waals surface area contributed by atoms with E-state index in [1.54, 1.807) is 18.2 Å². The molecule has 0 aliphatic heterocycles. The SMILES string of the molecule is CCOc1ccc(-n2nnnc2CC(=O)O)cc1OCC. The highest BCUT2D eigenvalue weighted by Crippen LogP contribution is 2.29. The second kappa shape index (κ2) is 6.69. The first-order chi connectivity index (χ1) is 10.2. The summed E-state index contributed by atoms with van der Waals surface area (Å²) in [6, 6.07) is 5.21. The van der Waals surface area contributed by atoms with Crippen molar-refractivity contribution in [1.82, 2.24) is 20.2 Å². The number of aliphatic carboxylic acids is 1. The van der Waals surface area contributed by atoms with Crippen LogP contribution >= 0.6 is 0 Å². The van der Waals surface area contributed by atoms with E-state index in [-0.39, 0.29) is 12.2 Å². The van der Waals surface area contributed by atoms with Crippen molar-refractivity contribution in [2.24, 2.45) is 0 Å². The summed E-state index contributed by atoms with van der Waals surface area (Å²) < 4.78 is 12.4.